The highest BCUT2D eigenvalue weighted by Crippen LogP contribution is 2.53. The number of hydrogen-bond donors (Lipinski definition) is 1. The second-order valence-electron chi connectivity index (χ2n) is 8.74. The molecule has 1 spiro atoms. The van der Waals surface area contributed by atoms with Gasteiger partial charge in [-0.1, -0.05) is 54.1 Å². The number of likely N-dealkylation sites (tertiary alicyclic amines) is 1. The van der Waals surface area contributed by atoms with Crippen molar-refractivity contribution in [1.82, 2.24) is 10.2 Å². The number of nitrogens with zero attached hydrogens (tertiary/aromatic N) is 1. The molecule has 28 heavy (non-hydrogen) atoms. The van der Waals surface area contributed by atoms with Gasteiger partial charge in [0.05, 0.1) is 0 Å². The van der Waals surface area contributed by atoms with Crippen molar-refractivity contribution in [3.05, 3.63) is 71.5 Å². The van der Waals surface area contributed by atoms with Crippen LogP contribution in [0.1, 0.15) is 63.9 Å². The Labute approximate surface area is 172 Å². The second kappa shape index (κ2) is 10.7. The van der Waals surface area contributed by atoms with Crippen LogP contribution >= 0.6 is 0 Å². The van der Waals surface area contributed by atoms with E-state index in [0.29, 0.717) is 0 Å². The van der Waals surface area contributed by atoms with Gasteiger partial charge in [-0.05, 0) is 88.4 Å². The zero-order chi connectivity index (χ0) is 19.7. The van der Waals surface area contributed by atoms with E-state index in [1.54, 1.807) is 0 Å². The third kappa shape index (κ3) is 6.67. The van der Waals surface area contributed by atoms with Gasteiger partial charge in [-0.25, -0.2) is 0 Å². The Balaban J connectivity index is 0.000000163. The Morgan fingerprint density at radius 2 is 1.71 bits per heavy atom. The highest BCUT2D eigenvalue weighted by Gasteiger charge is 2.44. The smallest absolute Gasteiger partial charge is 0.0326 e. The fraction of sp³-hybridized carbons (Fsp3) is 0.538. The highest BCUT2D eigenvalue weighted by atomic mass is 15.1. The van der Waals surface area contributed by atoms with E-state index in [1.165, 1.54) is 81.3 Å². The molecule has 3 aliphatic rings. The van der Waals surface area contributed by atoms with Crippen LogP contribution < -0.4 is 5.32 Å². The molecule has 1 aromatic rings. The van der Waals surface area contributed by atoms with Gasteiger partial charge in [0, 0.05) is 19.3 Å². The molecule has 0 atom stereocenters. The van der Waals surface area contributed by atoms with Gasteiger partial charge in [0.15, 0.2) is 0 Å². The third-order valence-electron chi connectivity index (χ3n) is 6.53. The molecule has 0 unspecified atom stereocenters. The molecule has 2 fully saturated rings. The number of hydrogen-bond acceptors (Lipinski definition) is 2. The van der Waals surface area contributed by atoms with E-state index >= 15 is 0 Å². The van der Waals surface area contributed by atoms with Crippen LogP contribution in [0.3, 0.4) is 0 Å². The molecule has 0 aromatic heterocycles. The summed E-state index contributed by atoms with van der Waals surface area (Å²) in [6.45, 7) is 5.99. The molecule has 2 aliphatic carbocycles. The van der Waals surface area contributed by atoms with Crippen molar-refractivity contribution in [3.63, 3.8) is 0 Å². The molecule has 0 amide bonds. The van der Waals surface area contributed by atoms with Gasteiger partial charge < -0.3 is 5.32 Å². The van der Waals surface area contributed by atoms with Crippen molar-refractivity contribution in [3.8, 4) is 0 Å². The first-order valence-corrected chi connectivity index (χ1v) is 11.2. The van der Waals surface area contributed by atoms with Gasteiger partial charge in [-0.15, -0.1) is 0 Å². The number of likely N-dealkylation sites (N-methyl/N-ethyl adjacent to an activating group) is 1. The van der Waals surface area contributed by atoms with Crippen molar-refractivity contribution in [1.29, 1.82) is 0 Å². The van der Waals surface area contributed by atoms with Crippen molar-refractivity contribution in [2.24, 2.45) is 5.41 Å². The zero-order valence-electron chi connectivity index (χ0n) is 17.9. The Hall–Kier alpha value is -1.80. The van der Waals surface area contributed by atoms with Crippen molar-refractivity contribution >= 4 is 0 Å². The minimum Gasteiger partial charge on any atom is -0.388 e. The molecule has 0 radical (unpaired) electrons. The molecule has 1 saturated heterocycles. The summed E-state index contributed by atoms with van der Waals surface area (Å²) in [7, 11) is 1.98. The van der Waals surface area contributed by atoms with E-state index in [9.17, 15) is 0 Å². The molecule has 2 nitrogen and oxygen atoms in total. The lowest BCUT2D eigenvalue weighted by atomic mass is 9.93. The van der Waals surface area contributed by atoms with Crippen molar-refractivity contribution in [2.45, 2.75) is 64.8 Å². The summed E-state index contributed by atoms with van der Waals surface area (Å²) in [5, 5.41) is 3.23. The van der Waals surface area contributed by atoms with E-state index in [4.69, 9.17) is 0 Å². The van der Waals surface area contributed by atoms with Gasteiger partial charge in [-0.2, -0.15) is 0 Å². The fourth-order valence-electron chi connectivity index (χ4n) is 4.26. The molecule has 1 aliphatic heterocycles. The highest BCUT2D eigenvalue weighted by molar-refractivity contribution is 5.25. The minimum absolute atomic E-state index is 0.813. The molecule has 2 heteroatoms. The number of nitrogens with one attached hydrogen (secondary N) is 1. The van der Waals surface area contributed by atoms with Crippen LogP contribution in [0.5, 0.6) is 0 Å². The molecule has 1 heterocycles. The predicted molar refractivity (Wildman–Crippen MR) is 121 cm³/mol. The van der Waals surface area contributed by atoms with Gasteiger partial charge in [0.1, 0.15) is 0 Å². The Morgan fingerprint density at radius 3 is 2.39 bits per heavy atom. The molecule has 1 saturated carbocycles. The van der Waals surface area contributed by atoms with Crippen molar-refractivity contribution in [2.75, 3.05) is 20.1 Å². The Kier molecular flexibility index (Phi) is 7.97. The summed E-state index contributed by atoms with van der Waals surface area (Å²) in [5.41, 5.74) is 5.01. The van der Waals surface area contributed by atoms with Crippen LogP contribution in [0.25, 0.3) is 0 Å². The van der Waals surface area contributed by atoms with Gasteiger partial charge in [0.25, 0.3) is 0 Å². The summed E-state index contributed by atoms with van der Waals surface area (Å²) >= 11 is 0. The van der Waals surface area contributed by atoms with E-state index in [2.05, 4.69) is 71.8 Å². The maximum atomic E-state index is 3.23. The monoisotopic (exact) mass is 378 g/mol. The quantitative estimate of drug-likeness (QED) is 0.671. The van der Waals surface area contributed by atoms with Crippen LogP contribution in [-0.2, 0) is 6.54 Å². The average molecular weight is 379 g/mol. The molecule has 1 aromatic carbocycles. The Morgan fingerprint density at radius 1 is 0.964 bits per heavy atom. The molecule has 1 N–H and O–H groups in total. The van der Waals surface area contributed by atoms with Crippen LogP contribution in [0.15, 0.2) is 65.9 Å². The largest absolute Gasteiger partial charge is 0.388 e. The van der Waals surface area contributed by atoms with Gasteiger partial charge in [-0.3, -0.25) is 4.90 Å². The van der Waals surface area contributed by atoms with Crippen LogP contribution in [-0.4, -0.2) is 25.0 Å². The lowest BCUT2D eigenvalue weighted by Gasteiger charge is -2.32. The number of piperidine rings is 1. The van der Waals surface area contributed by atoms with E-state index < -0.39 is 0 Å². The maximum Gasteiger partial charge on any atom is 0.0326 e. The predicted octanol–water partition coefficient (Wildman–Crippen LogP) is 6.23. The molecule has 0 bridgehead atoms. The topological polar surface area (TPSA) is 15.3 Å². The maximum absolute atomic E-state index is 3.23. The minimum atomic E-state index is 0.813. The van der Waals surface area contributed by atoms with Crippen LogP contribution in [0, 0.1) is 5.41 Å². The zero-order valence-corrected chi connectivity index (χ0v) is 17.9. The van der Waals surface area contributed by atoms with Gasteiger partial charge >= 0.3 is 0 Å². The summed E-state index contributed by atoms with van der Waals surface area (Å²) in [6, 6.07) is 10.9. The Bertz CT molecular complexity index is 670. The second-order valence-corrected chi connectivity index (χ2v) is 8.74. The number of benzene rings is 1. The number of rotatable bonds is 3. The summed E-state index contributed by atoms with van der Waals surface area (Å²) in [5.74, 6) is 0. The SMILES string of the molecule is CNC1=C(/C)CCCC/C=C/C=C\1.c1ccc(CN2CCC3(CC2)CC3)cc1. The third-order valence-corrected chi connectivity index (χ3v) is 6.53. The molecule has 4 rings (SSSR count). The van der Waals surface area contributed by atoms with Crippen LogP contribution in [0.4, 0.5) is 0 Å². The summed E-state index contributed by atoms with van der Waals surface area (Å²) in [4.78, 5) is 2.61. The standard InChI is InChI=1S/C14H19N.C12H19N/c1-2-4-13(5-3-1)12-15-10-8-14(6-7-14)9-11-15;1-11-9-7-5-3-4-6-8-10-12(11)13-2/h1-5H,6-12H2;4,6,8,10,13H,3,5,7,9H2,1-2H3/b;6-4+,10-8-,12-11-. The molecular formula is C26H38N2. The van der Waals surface area contributed by atoms with Crippen LogP contribution in [0.2, 0.25) is 0 Å². The lowest BCUT2D eigenvalue weighted by Crippen LogP contribution is -2.33. The summed E-state index contributed by atoms with van der Waals surface area (Å²) in [6.07, 6.45) is 19.6. The average Bonchev–Trinajstić information content (AvgIpc) is 3.49. The van der Waals surface area contributed by atoms with E-state index in [0.717, 1.165) is 12.0 Å². The van der Waals surface area contributed by atoms with Gasteiger partial charge in [0.2, 0.25) is 0 Å². The molecular weight excluding hydrogens is 340 g/mol. The molecule has 152 valence electrons. The first kappa shape index (κ1) is 20.9. The number of allylic oxidation sites excluding steroid dienone is 5. The van der Waals surface area contributed by atoms with E-state index in [1.807, 2.05) is 7.05 Å². The first-order chi connectivity index (χ1) is 13.7. The van der Waals surface area contributed by atoms with E-state index in [-0.39, 0.29) is 0 Å². The first-order valence-electron chi connectivity index (χ1n) is 11.2. The lowest BCUT2D eigenvalue weighted by molar-refractivity contribution is 0.166. The fourth-order valence-corrected chi connectivity index (χ4v) is 4.26. The normalized spacial score (nSPS) is 26.6. The summed E-state index contributed by atoms with van der Waals surface area (Å²) < 4.78 is 0. The van der Waals surface area contributed by atoms with Crippen molar-refractivity contribution < 1.29 is 0 Å².